The summed E-state index contributed by atoms with van der Waals surface area (Å²) in [4.78, 5) is 14.8. The van der Waals surface area contributed by atoms with E-state index in [1.165, 1.54) is 17.3 Å². The zero-order chi connectivity index (χ0) is 27.1. The second kappa shape index (κ2) is 10.9. The molecule has 3 saturated carbocycles. The lowest BCUT2D eigenvalue weighted by Crippen LogP contribution is -2.41. The maximum Gasteiger partial charge on any atom is 0.188 e. The van der Waals surface area contributed by atoms with Crippen LogP contribution in [-0.2, 0) is 16.1 Å². The highest BCUT2D eigenvalue weighted by Crippen LogP contribution is 2.59. The van der Waals surface area contributed by atoms with Crippen molar-refractivity contribution in [1.29, 1.82) is 0 Å². The normalized spacial score (nSPS) is 35.5. The molecule has 0 aliphatic heterocycles. The monoisotopic (exact) mass is 531 g/mol. The van der Waals surface area contributed by atoms with Gasteiger partial charge in [-0.1, -0.05) is 19.8 Å². The van der Waals surface area contributed by atoms with Gasteiger partial charge in [0.25, 0.3) is 0 Å². The number of ether oxygens (including phenoxy) is 1. The number of hydrogen-bond donors (Lipinski definition) is 1. The summed E-state index contributed by atoms with van der Waals surface area (Å²) in [5.74, 6) is 0.137. The smallest absolute Gasteiger partial charge is 0.188 e. The molecule has 3 fully saturated rings. The van der Waals surface area contributed by atoms with Crippen LogP contribution in [0.4, 0.5) is 8.78 Å². The van der Waals surface area contributed by atoms with E-state index in [0.717, 1.165) is 77.1 Å². The van der Waals surface area contributed by atoms with Crippen molar-refractivity contribution in [2.45, 2.75) is 97.1 Å². The van der Waals surface area contributed by atoms with Gasteiger partial charge in [0.1, 0.15) is 12.1 Å². The first-order valence-electron chi connectivity index (χ1n) is 14.6. The molecule has 0 bridgehead atoms. The Morgan fingerprint density at radius 2 is 1.87 bits per heavy atom. The predicted octanol–water partition coefficient (Wildman–Crippen LogP) is 6.10. The highest BCUT2D eigenvalue weighted by molar-refractivity contribution is 5.82. The van der Waals surface area contributed by atoms with Crippen LogP contribution in [0.3, 0.4) is 0 Å². The lowest BCUT2D eigenvalue weighted by Gasteiger charge is -2.46. The molecule has 2 aromatic rings. The van der Waals surface area contributed by atoms with Crippen molar-refractivity contribution in [3.05, 3.63) is 23.8 Å². The molecule has 1 heterocycles. The maximum atomic E-state index is 14.1. The van der Waals surface area contributed by atoms with Gasteiger partial charge in [-0.3, -0.25) is 4.79 Å². The summed E-state index contributed by atoms with van der Waals surface area (Å²) < 4.78 is 33.5. The van der Waals surface area contributed by atoms with Crippen LogP contribution in [0.25, 0.3) is 11.0 Å². The number of Topliss-reactive ketones (excluding diaryl/α,β-unsaturated/α-hetero) is 1. The van der Waals surface area contributed by atoms with Gasteiger partial charge in [-0.15, -0.1) is 5.10 Å². The van der Waals surface area contributed by atoms with Crippen molar-refractivity contribution < 1.29 is 23.4 Å². The molecule has 5 rings (SSSR count). The third-order valence-electron chi connectivity index (χ3n) is 10.3. The van der Waals surface area contributed by atoms with Crippen molar-refractivity contribution in [2.24, 2.45) is 35.0 Å². The van der Waals surface area contributed by atoms with Crippen LogP contribution >= 0.6 is 0 Å². The third-order valence-corrected chi connectivity index (χ3v) is 10.3. The number of aromatic nitrogens is 3. The van der Waals surface area contributed by atoms with E-state index in [-0.39, 0.29) is 34.7 Å². The number of hydrogen-bond acceptors (Lipinski definition) is 5. The average molecular weight is 532 g/mol. The van der Waals surface area contributed by atoms with E-state index >= 15 is 0 Å². The number of ketones is 1. The van der Waals surface area contributed by atoms with Crippen molar-refractivity contribution in [3.8, 4) is 0 Å². The number of fused-ring (bicyclic) bond motifs is 2. The fourth-order valence-corrected chi connectivity index (χ4v) is 8.33. The van der Waals surface area contributed by atoms with E-state index in [0.29, 0.717) is 23.7 Å². The van der Waals surface area contributed by atoms with E-state index in [4.69, 9.17) is 4.74 Å². The molecule has 7 atom stereocenters. The Kier molecular flexibility index (Phi) is 7.94. The van der Waals surface area contributed by atoms with Crippen molar-refractivity contribution in [1.82, 2.24) is 15.0 Å². The van der Waals surface area contributed by atoms with Crippen LogP contribution in [0.1, 0.15) is 85.0 Å². The molecular formula is C30H43F2N3O3. The lowest BCUT2D eigenvalue weighted by atomic mass is 9.59. The van der Waals surface area contributed by atoms with Gasteiger partial charge in [0.05, 0.1) is 5.60 Å². The third kappa shape index (κ3) is 5.40. The summed E-state index contributed by atoms with van der Waals surface area (Å²) in [6.07, 6.45) is 10.3. The molecule has 3 aliphatic carbocycles. The Labute approximate surface area is 224 Å². The summed E-state index contributed by atoms with van der Waals surface area (Å²) in [5, 5.41) is 19.1. The van der Waals surface area contributed by atoms with Gasteiger partial charge in [-0.25, -0.2) is 8.78 Å². The number of aliphatic hydroxyl groups is 1. The molecule has 1 aromatic heterocycles. The number of rotatable bonds is 9. The van der Waals surface area contributed by atoms with E-state index < -0.39 is 17.2 Å². The zero-order valence-corrected chi connectivity index (χ0v) is 23.1. The van der Waals surface area contributed by atoms with E-state index in [2.05, 4.69) is 17.1 Å². The highest BCUT2D eigenvalue weighted by atomic mass is 19.2. The number of benzene rings is 1. The molecule has 0 radical (unpaired) electrons. The second-order valence-corrected chi connectivity index (χ2v) is 12.8. The largest absolute Gasteiger partial charge is 0.390 e. The SMILES string of the molecule is CCOCC1CCC(C)(O)CC1CCC1CCCC2(C)C(C(=O)Cn3nc4ccc(F)c(F)c4n3)CCC12. The number of carbonyl (C=O) groups is 1. The lowest BCUT2D eigenvalue weighted by molar-refractivity contribution is -0.128. The van der Waals surface area contributed by atoms with Crippen LogP contribution in [0.15, 0.2) is 12.1 Å². The molecule has 6 nitrogen and oxygen atoms in total. The first-order valence-corrected chi connectivity index (χ1v) is 14.6. The molecule has 8 heteroatoms. The first-order chi connectivity index (χ1) is 18.1. The Bertz CT molecular complexity index is 1150. The van der Waals surface area contributed by atoms with Crippen LogP contribution in [0.5, 0.6) is 0 Å². The van der Waals surface area contributed by atoms with Gasteiger partial charge in [0, 0.05) is 19.1 Å². The average Bonchev–Trinajstić information content (AvgIpc) is 3.45. The summed E-state index contributed by atoms with van der Waals surface area (Å²) >= 11 is 0. The topological polar surface area (TPSA) is 77.2 Å². The molecule has 38 heavy (non-hydrogen) atoms. The van der Waals surface area contributed by atoms with Gasteiger partial charge >= 0.3 is 0 Å². The van der Waals surface area contributed by atoms with Crippen molar-refractivity contribution >= 4 is 16.8 Å². The van der Waals surface area contributed by atoms with Crippen LogP contribution in [0.2, 0.25) is 0 Å². The highest BCUT2D eigenvalue weighted by Gasteiger charge is 2.53. The summed E-state index contributed by atoms with van der Waals surface area (Å²) in [7, 11) is 0. The number of nitrogens with zero attached hydrogens (tertiary/aromatic N) is 3. The van der Waals surface area contributed by atoms with Crippen molar-refractivity contribution in [3.63, 3.8) is 0 Å². The second-order valence-electron chi connectivity index (χ2n) is 12.8. The molecule has 0 spiro atoms. The standard InChI is InChI=1S/C30H43F2N3O3/c1-4-38-18-21-13-15-29(2,37)16-20(21)8-7-19-6-5-14-30(3)22(19)9-10-23(30)26(36)17-35-33-25-12-11-24(31)27(32)28(25)34-35/h11-12,19-23,37H,4-10,13-18H2,1-3H3. The molecule has 3 aliphatic rings. The van der Waals surface area contributed by atoms with E-state index in [9.17, 15) is 18.7 Å². The minimum atomic E-state index is -1.02. The minimum absolute atomic E-state index is 0.0103. The molecule has 210 valence electrons. The molecule has 0 saturated heterocycles. The molecular weight excluding hydrogens is 488 g/mol. The summed E-state index contributed by atoms with van der Waals surface area (Å²) in [6, 6.07) is 2.43. The molecule has 7 unspecified atom stereocenters. The van der Waals surface area contributed by atoms with Gasteiger partial charge in [-0.05, 0) is 106 Å². The van der Waals surface area contributed by atoms with Gasteiger partial charge < -0.3 is 9.84 Å². The van der Waals surface area contributed by atoms with Gasteiger partial charge in [-0.2, -0.15) is 9.90 Å². The Morgan fingerprint density at radius 3 is 2.66 bits per heavy atom. The van der Waals surface area contributed by atoms with Crippen molar-refractivity contribution in [2.75, 3.05) is 13.2 Å². The fourth-order valence-electron chi connectivity index (χ4n) is 8.33. The summed E-state index contributed by atoms with van der Waals surface area (Å²) in [5.41, 5.74) is -0.504. The minimum Gasteiger partial charge on any atom is -0.390 e. The summed E-state index contributed by atoms with van der Waals surface area (Å²) in [6.45, 7) is 7.82. The number of halogens is 2. The van der Waals surface area contributed by atoms with E-state index in [1.807, 2.05) is 13.8 Å². The molecule has 1 aromatic carbocycles. The number of carbonyl (C=O) groups excluding carboxylic acids is 1. The van der Waals surface area contributed by atoms with Gasteiger partial charge in [0.2, 0.25) is 0 Å². The predicted molar refractivity (Wildman–Crippen MR) is 141 cm³/mol. The Balaban J connectivity index is 1.24. The maximum absolute atomic E-state index is 14.1. The van der Waals surface area contributed by atoms with E-state index in [1.54, 1.807) is 0 Å². The molecule has 1 N–H and O–H groups in total. The van der Waals surface area contributed by atoms with Crippen LogP contribution in [-0.4, -0.2) is 44.7 Å². The first kappa shape index (κ1) is 27.6. The Morgan fingerprint density at radius 1 is 1.08 bits per heavy atom. The van der Waals surface area contributed by atoms with Crippen LogP contribution < -0.4 is 0 Å². The quantitative estimate of drug-likeness (QED) is 0.423. The van der Waals surface area contributed by atoms with Gasteiger partial charge in [0.15, 0.2) is 22.9 Å². The molecule has 0 amide bonds. The Hall–Kier alpha value is -1.93. The zero-order valence-electron chi connectivity index (χ0n) is 23.1. The van der Waals surface area contributed by atoms with Crippen LogP contribution in [0, 0.1) is 46.6 Å². The fraction of sp³-hybridized carbons (Fsp3) is 0.767.